The summed E-state index contributed by atoms with van der Waals surface area (Å²) >= 11 is 0. The number of amides is 2. The summed E-state index contributed by atoms with van der Waals surface area (Å²) in [6, 6.07) is 6.67. The Kier molecular flexibility index (Phi) is 8.31. The quantitative estimate of drug-likeness (QED) is 0.435. The molecule has 0 aliphatic heterocycles. The van der Waals surface area contributed by atoms with Gasteiger partial charge in [-0.3, -0.25) is 23.9 Å². The fraction of sp³-hybridized carbons (Fsp3) is 0.520. The van der Waals surface area contributed by atoms with Crippen molar-refractivity contribution >= 4 is 29.0 Å². The molecule has 0 bridgehead atoms. The van der Waals surface area contributed by atoms with E-state index in [2.05, 4.69) is 10.3 Å². The molecule has 184 valence electrons. The first-order valence-corrected chi connectivity index (χ1v) is 12.1. The van der Waals surface area contributed by atoms with E-state index in [1.807, 2.05) is 20.8 Å². The second-order valence-corrected chi connectivity index (χ2v) is 9.05. The summed E-state index contributed by atoms with van der Waals surface area (Å²) in [5.74, 6) is -0.103. The summed E-state index contributed by atoms with van der Waals surface area (Å²) in [4.78, 5) is 54.8. The number of carbonyl (C=O) groups excluding carboxylic acids is 2. The molecular weight excluding hydrogens is 434 g/mol. The van der Waals surface area contributed by atoms with Crippen molar-refractivity contribution in [1.29, 1.82) is 0 Å². The summed E-state index contributed by atoms with van der Waals surface area (Å²) < 4.78 is 1.31. The van der Waals surface area contributed by atoms with Crippen LogP contribution in [0.1, 0.15) is 69.7 Å². The lowest BCUT2D eigenvalue weighted by molar-refractivity contribution is -0.117. The molecule has 2 amide bonds. The molecule has 1 saturated carbocycles. The molecule has 1 heterocycles. The van der Waals surface area contributed by atoms with Gasteiger partial charge in [0.15, 0.2) is 5.69 Å². The van der Waals surface area contributed by atoms with Gasteiger partial charge < -0.3 is 16.0 Å². The average molecular weight is 470 g/mol. The number of unbranched alkanes of at least 4 members (excludes halogenated alkanes) is 3. The second kappa shape index (κ2) is 11.2. The van der Waals surface area contributed by atoms with Gasteiger partial charge in [0.1, 0.15) is 5.82 Å². The van der Waals surface area contributed by atoms with Crippen LogP contribution in [-0.2, 0) is 11.3 Å². The minimum atomic E-state index is -0.688. The zero-order valence-corrected chi connectivity index (χ0v) is 20.2. The maximum absolute atomic E-state index is 13.6. The Labute approximate surface area is 199 Å². The Balaban J connectivity index is 1.96. The lowest BCUT2D eigenvalue weighted by atomic mass is 10.1. The minimum absolute atomic E-state index is 0.00688. The van der Waals surface area contributed by atoms with Crippen molar-refractivity contribution in [2.24, 2.45) is 11.8 Å². The Morgan fingerprint density at radius 1 is 1.18 bits per heavy atom. The molecule has 4 N–H and O–H groups in total. The van der Waals surface area contributed by atoms with Crippen LogP contribution in [0.4, 0.5) is 17.2 Å². The Morgan fingerprint density at radius 2 is 1.88 bits per heavy atom. The van der Waals surface area contributed by atoms with E-state index in [-0.39, 0.29) is 29.9 Å². The van der Waals surface area contributed by atoms with Crippen LogP contribution in [0.3, 0.4) is 0 Å². The van der Waals surface area contributed by atoms with Crippen molar-refractivity contribution < 1.29 is 9.59 Å². The van der Waals surface area contributed by atoms with Gasteiger partial charge in [-0.25, -0.2) is 4.79 Å². The molecule has 9 nitrogen and oxygen atoms in total. The first-order chi connectivity index (χ1) is 16.3. The molecule has 1 aliphatic rings. The highest BCUT2D eigenvalue weighted by atomic mass is 16.2. The van der Waals surface area contributed by atoms with Crippen LogP contribution in [0.2, 0.25) is 0 Å². The molecule has 3 rings (SSSR count). The summed E-state index contributed by atoms with van der Waals surface area (Å²) in [5, 5.41) is 2.88. The molecule has 2 unspecified atom stereocenters. The molecule has 1 aliphatic carbocycles. The standard InChI is InChI=1S/C25H35N5O4/c1-4-6-8-13-29(20-21(26)30(12-7-5-2)25(34)28-23(20)32)24(33)17-10-9-11-18(15-17)27-22(31)19-14-16(19)3/h9-11,15-16,19H,4-8,12-14,26H2,1-3H3,(H,27,31)(H,28,32,34). The molecule has 0 radical (unpaired) electrons. The number of nitrogen functional groups attached to an aromatic ring is 1. The smallest absolute Gasteiger partial charge is 0.330 e. The average Bonchev–Trinajstić information content (AvgIpc) is 3.54. The number of hydrogen-bond acceptors (Lipinski definition) is 5. The number of H-pyrrole nitrogens is 1. The topological polar surface area (TPSA) is 130 Å². The van der Waals surface area contributed by atoms with Crippen LogP contribution in [-0.4, -0.2) is 27.9 Å². The third-order valence-electron chi connectivity index (χ3n) is 6.27. The van der Waals surface area contributed by atoms with Crippen LogP contribution < -0.4 is 27.2 Å². The van der Waals surface area contributed by atoms with Crippen molar-refractivity contribution in [3.63, 3.8) is 0 Å². The van der Waals surface area contributed by atoms with E-state index in [1.165, 1.54) is 9.47 Å². The van der Waals surface area contributed by atoms with E-state index in [0.29, 0.717) is 36.6 Å². The van der Waals surface area contributed by atoms with Crippen molar-refractivity contribution in [1.82, 2.24) is 9.55 Å². The van der Waals surface area contributed by atoms with Gasteiger partial charge in [0.2, 0.25) is 5.91 Å². The normalized spacial score (nSPS) is 16.8. The van der Waals surface area contributed by atoms with Crippen LogP contribution in [0, 0.1) is 11.8 Å². The van der Waals surface area contributed by atoms with E-state index in [4.69, 9.17) is 5.73 Å². The zero-order valence-electron chi connectivity index (χ0n) is 20.2. The van der Waals surface area contributed by atoms with Crippen LogP contribution >= 0.6 is 0 Å². The molecule has 2 aromatic rings. The van der Waals surface area contributed by atoms with Crippen LogP contribution in [0.25, 0.3) is 0 Å². The second-order valence-electron chi connectivity index (χ2n) is 9.05. The van der Waals surface area contributed by atoms with E-state index >= 15 is 0 Å². The van der Waals surface area contributed by atoms with Crippen LogP contribution in [0.15, 0.2) is 33.9 Å². The predicted molar refractivity (Wildman–Crippen MR) is 134 cm³/mol. The lowest BCUT2D eigenvalue weighted by Gasteiger charge is -2.25. The van der Waals surface area contributed by atoms with Gasteiger partial charge in [-0.2, -0.15) is 0 Å². The first kappa shape index (κ1) is 25.3. The van der Waals surface area contributed by atoms with E-state index < -0.39 is 17.2 Å². The summed E-state index contributed by atoms with van der Waals surface area (Å²) in [6.07, 6.45) is 4.90. The van der Waals surface area contributed by atoms with Crippen molar-refractivity contribution in [2.75, 3.05) is 22.5 Å². The van der Waals surface area contributed by atoms with Gasteiger partial charge in [-0.1, -0.05) is 46.1 Å². The molecule has 1 aromatic carbocycles. The van der Waals surface area contributed by atoms with Crippen LogP contribution in [0.5, 0.6) is 0 Å². The summed E-state index contributed by atoms with van der Waals surface area (Å²) in [6.45, 7) is 6.70. The molecule has 9 heteroatoms. The third kappa shape index (κ3) is 5.76. The van der Waals surface area contributed by atoms with Gasteiger partial charge in [0.25, 0.3) is 11.5 Å². The Bertz CT molecular complexity index is 1150. The maximum atomic E-state index is 13.6. The van der Waals surface area contributed by atoms with E-state index in [9.17, 15) is 19.2 Å². The summed E-state index contributed by atoms with van der Waals surface area (Å²) in [7, 11) is 0. The van der Waals surface area contributed by atoms with Crippen molar-refractivity contribution in [2.45, 2.75) is 65.8 Å². The highest BCUT2D eigenvalue weighted by molar-refractivity contribution is 6.08. The Hall–Kier alpha value is -3.36. The molecule has 1 aromatic heterocycles. The number of anilines is 3. The van der Waals surface area contributed by atoms with Crippen molar-refractivity contribution in [3.05, 3.63) is 50.7 Å². The number of benzene rings is 1. The summed E-state index contributed by atoms with van der Waals surface area (Å²) in [5.41, 5.74) is 5.85. The third-order valence-corrected chi connectivity index (χ3v) is 6.27. The number of aromatic nitrogens is 2. The number of nitrogens with zero attached hydrogens (tertiary/aromatic N) is 2. The fourth-order valence-corrected chi connectivity index (χ4v) is 4.02. The fourth-order valence-electron chi connectivity index (χ4n) is 4.02. The van der Waals surface area contributed by atoms with Gasteiger partial charge >= 0.3 is 5.69 Å². The number of carbonyl (C=O) groups is 2. The molecular formula is C25H35N5O4. The minimum Gasteiger partial charge on any atom is -0.383 e. The first-order valence-electron chi connectivity index (χ1n) is 12.1. The SMILES string of the molecule is CCCCCN(C(=O)c1cccc(NC(=O)C2CC2C)c1)c1c(N)n(CCCC)c(=O)[nH]c1=O. The molecule has 2 atom stereocenters. The van der Waals surface area contributed by atoms with E-state index in [0.717, 1.165) is 25.7 Å². The van der Waals surface area contributed by atoms with Gasteiger partial charge in [-0.05, 0) is 43.4 Å². The highest BCUT2D eigenvalue weighted by Gasteiger charge is 2.39. The van der Waals surface area contributed by atoms with Gasteiger partial charge in [0, 0.05) is 30.3 Å². The maximum Gasteiger partial charge on any atom is 0.330 e. The number of nitrogens with one attached hydrogen (secondary N) is 2. The number of nitrogens with two attached hydrogens (primary N) is 1. The lowest BCUT2D eigenvalue weighted by Crippen LogP contribution is -2.41. The number of rotatable bonds is 11. The molecule has 0 saturated heterocycles. The number of aromatic amines is 1. The monoisotopic (exact) mass is 469 g/mol. The predicted octanol–water partition coefficient (Wildman–Crippen LogP) is 3.35. The van der Waals surface area contributed by atoms with E-state index in [1.54, 1.807) is 24.3 Å². The largest absolute Gasteiger partial charge is 0.383 e. The van der Waals surface area contributed by atoms with Gasteiger partial charge in [0.05, 0.1) is 0 Å². The highest BCUT2D eigenvalue weighted by Crippen LogP contribution is 2.38. The molecule has 1 fully saturated rings. The Morgan fingerprint density at radius 3 is 2.53 bits per heavy atom. The number of hydrogen-bond donors (Lipinski definition) is 3. The zero-order chi connectivity index (χ0) is 24.8. The molecule has 34 heavy (non-hydrogen) atoms. The van der Waals surface area contributed by atoms with Crippen molar-refractivity contribution in [3.8, 4) is 0 Å². The molecule has 0 spiro atoms. The van der Waals surface area contributed by atoms with Gasteiger partial charge in [-0.15, -0.1) is 0 Å².